The third-order valence-corrected chi connectivity index (χ3v) is 6.57. The Kier molecular flexibility index (Phi) is 8.41. The Hall–Kier alpha value is -0.810. The summed E-state index contributed by atoms with van der Waals surface area (Å²) in [4.78, 5) is 13.1. The lowest BCUT2D eigenvalue weighted by Gasteiger charge is -2.40. The largest absolute Gasteiger partial charge is 0.384 e. The fourth-order valence-electron chi connectivity index (χ4n) is 4.66. The van der Waals surface area contributed by atoms with Crippen molar-refractivity contribution in [2.45, 2.75) is 50.4 Å². The topological polar surface area (TPSA) is 50.4 Å². The van der Waals surface area contributed by atoms with E-state index in [0.717, 1.165) is 43.8 Å². The lowest BCUT2D eigenvalue weighted by Crippen LogP contribution is -2.53. The van der Waals surface area contributed by atoms with Crippen molar-refractivity contribution in [3.8, 4) is 0 Å². The number of hydrogen-bond donors (Lipinski definition) is 2. The van der Waals surface area contributed by atoms with Crippen molar-refractivity contribution in [1.29, 1.82) is 0 Å². The van der Waals surface area contributed by atoms with Crippen molar-refractivity contribution in [1.82, 2.24) is 10.6 Å². The Morgan fingerprint density at radius 1 is 1.11 bits per heavy atom. The van der Waals surface area contributed by atoms with E-state index < -0.39 is 5.41 Å². The number of piperidine rings is 1. The van der Waals surface area contributed by atoms with Gasteiger partial charge in [0, 0.05) is 24.1 Å². The predicted molar refractivity (Wildman–Crippen MR) is 113 cm³/mol. The van der Waals surface area contributed by atoms with Crippen LogP contribution in [0.2, 0.25) is 5.02 Å². The Labute approximate surface area is 174 Å². The second-order valence-electron chi connectivity index (χ2n) is 7.99. The lowest BCUT2D eigenvalue weighted by molar-refractivity contribution is -0.136. The Bertz CT molecular complexity index is 589. The van der Waals surface area contributed by atoms with Gasteiger partial charge in [-0.15, -0.1) is 12.4 Å². The zero-order chi connectivity index (χ0) is 18.5. The Morgan fingerprint density at radius 3 is 2.33 bits per heavy atom. The molecule has 2 N–H and O–H groups in total. The van der Waals surface area contributed by atoms with Crippen molar-refractivity contribution >= 4 is 29.9 Å². The summed E-state index contributed by atoms with van der Waals surface area (Å²) in [5.74, 6) is 0.153. The van der Waals surface area contributed by atoms with Crippen molar-refractivity contribution in [2.75, 3.05) is 33.4 Å². The molecule has 1 aromatic rings. The monoisotopic (exact) mass is 414 g/mol. The molecule has 1 saturated carbocycles. The van der Waals surface area contributed by atoms with Gasteiger partial charge in [0.2, 0.25) is 5.91 Å². The smallest absolute Gasteiger partial charge is 0.228 e. The number of hydrogen-bond acceptors (Lipinski definition) is 3. The highest BCUT2D eigenvalue weighted by Gasteiger charge is 2.41. The normalized spacial score (nSPS) is 21.1. The van der Waals surface area contributed by atoms with Crippen molar-refractivity contribution in [2.24, 2.45) is 5.41 Å². The summed E-state index contributed by atoms with van der Waals surface area (Å²) >= 11 is 6.09. The van der Waals surface area contributed by atoms with Gasteiger partial charge >= 0.3 is 0 Å². The number of carbonyl (C=O) groups excluding carboxylic acids is 1. The van der Waals surface area contributed by atoms with Crippen LogP contribution in [0.3, 0.4) is 0 Å². The third kappa shape index (κ3) is 5.17. The van der Waals surface area contributed by atoms with Gasteiger partial charge in [0.15, 0.2) is 0 Å². The molecule has 1 amide bonds. The van der Waals surface area contributed by atoms with E-state index in [2.05, 4.69) is 22.8 Å². The van der Waals surface area contributed by atoms with Crippen LogP contribution in [0, 0.1) is 5.41 Å². The van der Waals surface area contributed by atoms with Crippen LogP contribution in [0.4, 0.5) is 0 Å². The summed E-state index contributed by atoms with van der Waals surface area (Å²) < 4.78 is 5.42. The number of halogens is 2. The molecule has 1 heterocycles. The Morgan fingerprint density at radius 2 is 1.74 bits per heavy atom. The van der Waals surface area contributed by atoms with Crippen LogP contribution in [0.1, 0.15) is 50.5 Å². The van der Waals surface area contributed by atoms with E-state index in [0.29, 0.717) is 13.2 Å². The third-order valence-electron chi connectivity index (χ3n) is 6.32. The maximum atomic E-state index is 13.1. The molecule has 0 unspecified atom stereocenters. The summed E-state index contributed by atoms with van der Waals surface area (Å²) in [5, 5.41) is 7.43. The fourth-order valence-corrected chi connectivity index (χ4v) is 4.78. The minimum absolute atomic E-state index is 0. The minimum Gasteiger partial charge on any atom is -0.384 e. The number of nitrogens with one attached hydrogen (secondary N) is 2. The first kappa shape index (κ1) is 22.5. The SMILES string of the molecule is COCC1(C(=O)NCC2(c3ccc(Cl)cc3)CCCCC2)CCNCC1.Cl. The van der Waals surface area contributed by atoms with E-state index in [1.807, 2.05) is 12.1 Å². The average Bonchev–Trinajstić information content (AvgIpc) is 2.68. The predicted octanol–water partition coefficient (Wildman–Crippen LogP) is 4.10. The van der Waals surface area contributed by atoms with Crippen LogP contribution >= 0.6 is 24.0 Å². The van der Waals surface area contributed by atoms with E-state index in [4.69, 9.17) is 16.3 Å². The van der Waals surface area contributed by atoms with E-state index in [9.17, 15) is 4.79 Å². The van der Waals surface area contributed by atoms with Crippen molar-refractivity contribution in [3.63, 3.8) is 0 Å². The molecule has 3 rings (SSSR count). The van der Waals surface area contributed by atoms with Crippen molar-refractivity contribution in [3.05, 3.63) is 34.9 Å². The molecule has 1 saturated heterocycles. The van der Waals surface area contributed by atoms with Gasteiger partial charge in [-0.25, -0.2) is 0 Å². The second kappa shape index (κ2) is 10.1. The molecule has 2 fully saturated rings. The molecule has 6 heteroatoms. The number of benzene rings is 1. The molecule has 1 aliphatic carbocycles. The van der Waals surface area contributed by atoms with Crippen LogP contribution in [0.5, 0.6) is 0 Å². The summed E-state index contributed by atoms with van der Waals surface area (Å²) in [5.41, 5.74) is 0.934. The first-order valence-corrected chi connectivity index (χ1v) is 10.2. The molecular formula is C21H32Cl2N2O2. The van der Waals surface area contributed by atoms with Gasteiger partial charge < -0.3 is 15.4 Å². The van der Waals surface area contributed by atoms with E-state index in [1.165, 1.54) is 24.8 Å². The molecule has 0 radical (unpaired) electrons. The molecule has 27 heavy (non-hydrogen) atoms. The number of rotatable bonds is 6. The number of carbonyl (C=O) groups is 1. The van der Waals surface area contributed by atoms with Crippen LogP contribution < -0.4 is 10.6 Å². The van der Waals surface area contributed by atoms with E-state index in [1.54, 1.807) is 7.11 Å². The molecule has 0 aromatic heterocycles. The molecule has 4 nitrogen and oxygen atoms in total. The molecule has 152 valence electrons. The summed E-state index contributed by atoms with van der Waals surface area (Å²) in [6, 6.07) is 8.20. The highest BCUT2D eigenvalue weighted by Crippen LogP contribution is 2.40. The van der Waals surface area contributed by atoms with E-state index in [-0.39, 0.29) is 23.7 Å². The number of amides is 1. The van der Waals surface area contributed by atoms with Gasteiger partial charge in [0.05, 0.1) is 12.0 Å². The standard InChI is InChI=1S/C21H31ClN2O2.ClH/c1-26-16-21(11-13-23-14-12-21)19(25)24-15-20(9-3-2-4-10-20)17-5-7-18(22)8-6-17;/h5-8,23H,2-4,9-16H2,1H3,(H,24,25);1H. The molecule has 1 aliphatic heterocycles. The average molecular weight is 415 g/mol. The summed E-state index contributed by atoms with van der Waals surface area (Å²) in [6.07, 6.45) is 7.61. The summed E-state index contributed by atoms with van der Waals surface area (Å²) in [6.45, 7) is 2.94. The van der Waals surface area contributed by atoms with Gasteiger partial charge in [-0.3, -0.25) is 4.79 Å². The molecule has 0 spiro atoms. The highest BCUT2D eigenvalue weighted by atomic mass is 35.5. The van der Waals surface area contributed by atoms with Crippen LogP contribution in [0.15, 0.2) is 24.3 Å². The van der Waals surface area contributed by atoms with Crippen LogP contribution in [-0.2, 0) is 14.9 Å². The number of methoxy groups -OCH3 is 1. The van der Waals surface area contributed by atoms with Gasteiger partial charge in [0.25, 0.3) is 0 Å². The van der Waals surface area contributed by atoms with Gasteiger partial charge in [-0.2, -0.15) is 0 Å². The number of ether oxygens (including phenoxy) is 1. The zero-order valence-corrected chi connectivity index (χ0v) is 17.8. The van der Waals surface area contributed by atoms with Gasteiger partial charge in [-0.1, -0.05) is 43.0 Å². The van der Waals surface area contributed by atoms with Crippen molar-refractivity contribution < 1.29 is 9.53 Å². The van der Waals surface area contributed by atoms with Crippen LogP contribution in [0.25, 0.3) is 0 Å². The maximum absolute atomic E-state index is 13.1. The lowest BCUT2D eigenvalue weighted by atomic mass is 9.69. The molecule has 2 aliphatic rings. The maximum Gasteiger partial charge on any atom is 0.228 e. The fraction of sp³-hybridized carbons (Fsp3) is 0.667. The highest BCUT2D eigenvalue weighted by molar-refractivity contribution is 6.30. The van der Waals surface area contributed by atoms with E-state index >= 15 is 0 Å². The minimum atomic E-state index is -0.393. The summed E-state index contributed by atoms with van der Waals surface area (Å²) in [7, 11) is 1.69. The van der Waals surface area contributed by atoms with Gasteiger partial charge in [0.1, 0.15) is 0 Å². The molecule has 0 bridgehead atoms. The second-order valence-corrected chi connectivity index (χ2v) is 8.43. The van der Waals surface area contributed by atoms with Gasteiger partial charge in [-0.05, 0) is 56.5 Å². The molecular weight excluding hydrogens is 383 g/mol. The first-order chi connectivity index (χ1) is 12.6. The first-order valence-electron chi connectivity index (χ1n) is 9.84. The Balaban J connectivity index is 0.00000261. The zero-order valence-electron chi connectivity index (χ0n) is 16.2. The molecule has 0 atom stereocenters. The quantitative estimate of drug-likeness (QED) is 0.736. The van der Waals surface area contributed by atoms with Crippen LogP contribution in [-0.4, -0.2) is 39.3 Å². The molecule has 1 aromatic carbocycles.